The first-order valence-electron chi connectivity index (χ1n) is 5.35. The van der Waals surface area contributed by atoms with Crippen LogP contribution in [0.25, 0.3) is 0 Å². The van der Waals surface area contributed by atoms with E-state index in [1.54, 1.807) is 6.07 Å². The summed E-state index contributed by atoms with van der Waals surface area (Å²) in [4.78, 5) is 10.7. The summed E-state index contributed by atoms with van der Waals surface area (Å²) in [6.07, 6.45) is 0.848. The summed E-state index contributed by atoms with van der Waals surface area (Å²) in [5, 5.41) is 9.44. The second-order valence-corrected chi connectivity index (χ2v) is 6.69. The molecule has 0 saturated carbocycles. The lowest BCUT2D eigenvalue weighted by Crippen LogP contribution is -2.25. The summed E-state index contributed by atoms with van der Waals surface area (Å²) in [5.41, 5.74) is 0.983. The van der Waals surface area contributed by atoms with Crippen LogP contribution in [0, 0.1) is 0 Å². The van der Waals surface area contributed by atoms with Crippen molar-refractivity contribution in [3.8, 4) is 0 Å². The minimum absolute atomic E-state index is 0.291. The number of benzene rings is 1. The third kappa shape index (κ3) is 5.57. The predicted molar refractivity (Wildman–Crippen MR) is 75.5 cm³/mol. The lowest BCUT2D eigenvalue weighted by atomic mass is 10.2. The van der Waals surface area contributed by atoms with Crippen molar-refractivity contribution in [3.63, 3.8) is 0 Å². The Bertz CT molecular complexity index is 410. The van der Waals surface area contributed by atoms with E-state index < -0.39 is 9.75 Å². The fraction of sp³-hybridized carbons (Fsp3) is 0.417. The average molecular weight is 356 g/mol. The molecule has 1 atom stereocenters. The number of carboxylic acid groups (broad SMARTS) is 1. The molecule has 0 radical (unpaired) electrons. The van der Waals surface area contributed by atoms with Gasteiger partial charge in [0.1, 0.15) is 0 Å². The molecule has 0 spiro atoms. The van der Waals surface area contributed by atoms with E-state index in [1.807, 2.05) is 18.2 Å². The lowest BCUT2D eigenvalue weighted by Gasteiger charge is -2.14. The molecule has 1 N–H and O–H groups in total. The zero-order valence-corrected chi connectivity index (χ0v) is 12.6. The van der Waals surface area contributed by atoms with E-state index in [2.05, 4.69) is 15.9 Å². The third-order valence-corrected chi connectivity index (χ3v) is 3.57. The van der Waals surface area contributed by atoms with Crippen LogP contribution in [0.5, 0.6) is 0 Å². The second-order valence-electron chi connectivity index (χ2n) is 3.80. The number of alkyl halides is 2. The van der Waals surface area contributed by atoms with Crippen LogP contribution in [-0.2, 0) is 16.1 Å². The Balaban J connectivity index is 2.22. The van der Waals surface area contributed by atoms with Gasteiger partial charge in [-0.3, -0.25) is 0 Å². The van der Waals surface area contributed by atoms with E-state index in [0.717, 1.165) is 5.56 Å². The van der Waals surface area contributed by atoms with Gasteiger partial charge in [0, 0.05) is 11.6 Å². The zero-order chi connectivity index (χ0) is 13.6. The molecule has 0 aliphatic heterocycles. The Labute approximate surface area is 124 Å². The molecule has 0 amide bonds. The maximum atomic E-state index is 10.7. The number of carbonyl (C=O) groups is 1. The van der Waals surface area contributed by atoms with Crippen molar-refractivity contribution >= 4 is 45.1 Å². The van der Waals surface area contributed by atoms with Gasteiger partial charge in [-0.2, -0.15) is 0 Å². The largest absolute Gasteiger partial charge is 0.479 e. The lowest BCUT2D eigenvalue weighted by molar-refractivity contribution is -0.137. The van der Waals surface area contributed by atoms with E-state index in [0.29, 0.717) is 31.1 Å². The van der Waals surface area contributed by atoms with Gasteiger partial charge in [-0.25, -0.2) is 4.79 Å². The molecule has 0 fully saturated rings. The van der Waals surface area contributed by atoms with Gasteiger partial charge in [0.05, 0.1) is 6.61 Å². The minimum Gasteiger partial charge on any atom is -0.479 e. The van der Waals surface area contributed by atoms with E-state index in [9.17, 15) is 4.79 Å². The van der Waals surface area contributed by atoms with Gasteiger partial charge in [-0.15, -0.1) is 0 Å². The van der Waals surface area contributed by atoms with Crippen molar-refractivity contribution in [3.05, 3.63) is 34.9 Å². The number of hydrogen-bond acceptors (Lipinski definition) is 2. The molecule has 0 aliphatic rings. The highest BCUT2D eigenvalue weighted by atomic mass is 79.9. The predicted octanol–water partition coefficient (Wildman–Crippen LogP) is 4.05. The molecule has 0 heterocycles. The summed E-state index contributed by atoms with van der Waals surface area (Å²) in [7, 11) is 0. The molecule has 1 aromatic carbocycles. The van der Waals surface area contributed by atoms with Gasteiger partial charge < -0.3 is 9.84 Å². The first-order valence-corrected chi connectivity index (χ1v) is 6.90. The van der Waals surface area contributed by atoms with Crippen molar-refractivity contribution in [2.24, 2.45) is 0 Å². The molecule has 1 unspecified atom stereocenters. The van der Waals surface area contributed by atoms with Gasteiger partial charge in [-0.05, 0) is 30.5 Å². The van der Waals surface area contributed by atoms with Crippen molar-refractivity contribution in [1.82, 2.24) is 0 Å². The SMILES string of the molecule is O=C(O)C(Cl)(Br)CCCOCc1cccc(Cl)c1. The van der Waals surface area contributed by atoms with Gasteiger partial charge in [0.15, 0.2) is 3.78 Å². The van der Waals surface area contributed by atoms with Crippen LogP contribution in [-0.4, -0.2) is 21.5 Å². The molecule has 1 aromatic rings. The van der Waals surface area contributed by atoms with Crippen molar-refractivity contribution < 1.29 is 14.6 Å². The monoisotopic (exact) mass is 354 g/mol. The van der Waals surface area contributed by atoms with Crippen LogP contribution < -0.4 is 0 Å². The molecular weight excluding hydrogens is 343 g/mol. The Morgan fingerprint density at radius 1 is 1.50 bits per heavy atom. The maximum absolute atomic E-state index is 10.7. The molecule has 18 heavy (non-hydrogen) atoms. The highest BCUT2D eigenvalue weighted by Gasteiger charge is 2.31. The molecule has 0 aromatic heterocycles. The van der Waals surface area contributed by atoms with Crippen LogP contribution in [0.2, 0.25) is 5.02 Å². The van der Waals surface area contributed by atoms with Crippen LogP contribution in [0.15, 0.2) is 24.3 Å². The molecule has 100 valence electrons. The summed E-state index contributed by atoms with van der Waals surface area (Å²) >= 11 is 14.5. The van der Waals surface area contributed by atoms with Crippen LogP contribution in [0.1, 0.15) is 18.4 Å². The molecule has 3 nitrogen and oxygen atoms in total. The van der Waals surface area contributed by atoms with Gasteiger partial charge >= 0.3 is 5.97 Å². The van der Waals surface area contributed by atoms with E-state index in [1.165, 1.54) is 0 Å². The second kappa shape index (κ2) is 7.34. The Kier molecular flexibility index (Phi) is 6.43. The molecular formula is C12H13BrCl2O3. The highest BCUT2D eigenvalue weighted by Crippen LogP contribution is 2.29. The summed E-state index contributed by atoms with van der Waals surface area (Å²) < 4.78 is 4.02. The van der Waals surface area contributed by atoms with Crippen LogP contribution in [0.4, 0.5) is 0 Å². The van der Waals surface area contributed by atoms with Crippen molar-refractivity contribution in [2.75, 3.05) is 6.61 Å². The first kappa shape index (κ1) is 15.8. The molecule has 6 heteroatoms. The molecule has 0 saturated heterocycles. The minimum atomic E-state index is -1.40. The smallest absolute Gasteiger partial charge is 0.335 e. The maximum Gasteiger partial charge on any atom is 0.335 e. The standard InChI is InChI=1S/C12H13BrCl2O3/c13-12(15,11(16)17)5-2-6-18-8-9-3-1-4-10(14)7-9/h1,3-4,7H,2,5-6,8H2,(H,16,17). The van der Waals surface area contributed by atoms with Crippen molar-refractivity contribution in [2.45, 2.75) is 23.2 Å². The number of hydrogen-bond donors (Lipinski definition) is 1. The Morgan fingerprint density at radius 3 is 2.83 bits per heavy atom. The molecule has 0 bridgehead atoms. The molecule has 0 aliphatic carbocycles. The number of carboxylic acids is 1. The highest BCUT2D eigenvalue weighted by molar-refractivity contribution is 9.10. The van der Waals surface area contributed by atoms with Crippen LogP contribution in [0.3, 0.4) is 0 Å². The van der Waals surface area contributed by atoms with E-state index in [4.69, 9.17) is 33.0 Å². The van der Waals surface area contributed by atoms with E-state index >= 15 is 0 Å². The average Bonchev–Trinajstić information content (AvgIpc) is 2.28. The number of ether oxygens (including phenoxy) is 1. The van der Waals surface area contributed by atoms with Gasteiger partial charge in [0.25, 0.3) is 0 Å². The van der Waals surface area contributed by atoms with E-state index in [-0.39, 0.29) is 0 Å². The number of aliphatic carboxylic acids is 1. The Hall–Kier alpha value is -0.290. The quantitative estimate of drug-likeness (QED) is 0.592. The first-order chi connectivity index (χ1) is 8.42. The fourth-order valence-electron chi connectivity index (χ4n) is 1.32. The Morgan fingerprint density at radius 2 is 2.22 bits per heavy atom. The third-order valence-electron chi connectivity index (χ3n) is 2.25. The fourth-order valence-corrected chi connectivity index (χ4v) is 1.95. The summed E-state index contributed by atoms with van der Waals surface area (Å²) in [5.74, 6) is -1.08. The number of halogens is 3. The van der Waals surface area contributed by atoms with Crippen LogP contribution >= 0.6 is 39.1 Å². The number of rotatable bonds is 7. The molecule has 1 rings (SSSR count). The zero-order valence-electron chi connectivity index (χ0n) is 9.54. The normalized spacial score (nSPS) is 14.2. The van der Waals surface area contributed by atoms with Gasteiger partial charge in [0.2, 0.25) is 0 Å². The topological polar surface area (TPSA) is 46.5 Å². The van der Waals surface area contributed by atoms with Gasteiger partial charge in [-0.1, -0.05) is 51.3 Å². The van der Waals surface area contributed by atoms with Crippen molar-refractivity contribution in [1.29, 1.82) is 0 Å². The summed E-state index contributed by atoms with van der Waals surface area (Å²) in [6, 6.07) is 7.40. The summed E-state index contributed by atoms with van der Waals surface area (Å²) in [6.45, 7) is 0.894.